The van der Waals surface area contributed by atoms with Crippen LogP contribution in [0.2, 0.25) is 0 Å². The van der Waals surface area contributed by atoms with Crippen LogP contribution in [0.25, 0.3) is 0 Å². The van der Waals surface area contributed by atoms with Crippen molar-refractivity contribution in [3.8, 4) is 0 Å². The maximum atomic E-state index is 2.31. The first-order valence-electron chi connectivity index (χ1n) is 3.19. The molecule has 2 heteroatoms. The first-order valence-corrected chi connectivity index (χ1v) is 3.19. The van der Waals surface area contributed by atoms with Gasteiger partial charge in [-0.2, -0.15) is 0 Å². The fourth-order valence-corrected chi connectivity index (χ4v) is 0.474. The highest BCUT2D eigenvalue weighted by atomic mass is 15.1. The topological polar surface area (TPSA) is 3.24 Å². The van der Waals surface area contributed by atoms with Crippen molar-refractivity contribution in [2.24, 2.45) is 0 Å². The highest BCUT2D eigenvalue weighted by molar-refractivity contribution is 6.04. The van der Waals surface area contributed by atoms with E-state index in [1.54, 1.807) is 0 Å². The van der Waals surface area contributed by atoms with Gasteiger partial charge in [-0.1, -0.05) is 6.92 Å². The fourth-order valence-electron chi connectivity index (χ4n) is 0.474. The Labute approximate surface area is 53.5 Å². The molecule has 0 fully saturated rings. The Balaban J connectivity index is 3.62. The number of hydrogen-bond donors (Lipinski definition) is 0. The summed E-state index contributed by atoms with van der Waals surface area (Å²) in [5.41, 5.74) is 0.342. The summed E-state index contributed by atoms with van der Waals surface area (Å²) in [7, 11) is 2.14. The average molecular weight is 113 g/mol. The van der Waals surface area contributed by atoms with Crippen molar-refractivity contribution in [3.05, 3.63) is 0 Å². The van der Waals surface area contributed by atoms with Gasteiger partial charge in [0.15, 0.2) is 7.98 Å². The smallest absolute Gasteiger partial charge is 0.186 e. The Kier molecular flexibility index (Phi) is 2.55. The Bertz CT molecular complexity index is 65.4. The molecule has 0 aromatic heterocycles. The maximum Gasteiger partial charge on any atom is 0.186 e. The minimum Gasteiger partial charge on any atom is -0.345 e. The van der Waals surface area contributed by atoms with Gasteiger partial charge in [-0.3, -0.25) is 0 Å². The van der Waals surface area contributed by atoms with Gasteiger partial charge in [-0.05, 0) is 27.3 Å². The van der Waals surface area contributed by atoms with Crippen LogP contribution < -0.4 is 0 Å². The molecule has 0 radical (unpaired) electrons. The van der Waals surface area contributed by atoms with Gasteiger partial charge in [0.2, 0.25) is 0 Å². The Morgan fingerprint density at radius 1 is 1.38 bits per heavy atom. The molecule has 0 aromatic carbocycles. The van der Waals surface area contributed by atoms with Crippen LogP contribution in [0.5, 0.6) is 0 Å². The lowest BCUT2D eigenvalue weighted by molar-refractivity contribution is 0.272. The largest absolute Gasteiger partial charge is 0.345 e. The van der Waals surface area contributed by atoms with E-state index in [0.717, 1.165) is 6.54 Å². The van der Waals surface area contributed by atoms with Gasteiger partial charge < -0.3 is 4.81 Å². The van der Waals surface area contributed by atoms with Gasteiger partial charge >= 0.3 is 0 Å². The van der Waals surface area contributed by atoms with E-state index in [-0.39, 0.29) is 0 Å². The highest BCUT2D eigenvalue weighted by Gasteiger charge is 2.13. The molecule has 0 spiro atoms. The molecule has 0 aliphatic heterocycles. The van der Waals surface area contributed by atoms with E-state index in [2.05, 4.69) is 40.5 Å². The van der Waals surface area contributed by atoms with Crippen molar-refractivity contribution < 1.29 is 0 Å². The summed E-state index contributed by atoms with van der Waals surface area (Å²) in [6.45, 7) is 9.96. The van der Waals surface area contributed by atoms with Gasteiger partial charge in [0.05, 0.1) is 0 Å². The summed E-state index contributed by atoms with van der Waals surface area (Å²) >= 11 is 0. The SMILES string of the molecule is BN(CC)C(C)(C)C. The van der Waals surface area contributed by atoms with Gasteiger partial charge in [0.1, 0.15) is 0 Å². The monoisotopic (exact) mass is 113 g/mol. The molecule has 0 rings (SSSR count). The van der Waals surface area contributed by atoms with Crippen LogP contribution in [0.1, 0.15) is 27.7 Å². The van der Waals surface area contributed by atoms with E-state index < -0.39 is 0 Å². The second-order valence-corrected chi connectivity index (χ2v) is 3.18. The van der Waals surface area contributed by atoms with Crippen LogP contribution in [-0.4, -0.2) is 24.9 Å². The second-order valence-electron chi connectivity index (χ2n) is 3.18. The first-order chi connectivity index (χ1) is 3.48. The lowest BCUT2D eigenvalue weighted by atomic mass is 10.0. The lowest BCUT2D eigenvalue weighted by Gasteiger charge is -2.31. The van der Waals surface area contributed by atoms with Crippen molar-refractivity contribution >= 4 is 7.98 Å². The van der Waals surface area contributed by atoms with E-state index in [4.69, 9.17) is 0 Å². The van der Waals surface area contributed by atoms with Gasteiger partial charge in [0, 0.05) is 5.54 Å². The predicted octanol–water partition coefficient (Wildman–Crippen LogP) is 0.655. The fraction of sp³-hybridized carbons (Fsp3) is 1.00. The maximum absolute atomic E-state index is 2.31. The molecule has 0 bridgehead atoms. The van der Waals surface area contributed by atoms with E-state index in [1.807, 2.05) is 0 Å². The Morgan fingerprint density at radius 3 is 1.75 bits per heavy atom. The van der Waals surface area contributed by atoms with Crippen LogP contribution >= 0.6 is 0 Å². The summed E-state index contributed by atoms with van der Waals surface area (Å²) in [5, 5.41) is 0. The van der Waals surface area contributed by atoms with E-state index in [1.165, 1.54) is 0 Å². The van der Waals surface area contributed by atoms with Crippen molar-refractivity contribution in [3.63, 3.8) is 0 Å². The molecule has 0 saturated carbocycles. The predicted molar refractivity (Wildman–Crippen MR) is 40.7 cm³/mol. The van der Waals surface area contributed by atoms with Crippen LogP contribution in [0.3, 0.4) is 0 Å². The Morgan fingerprint density at radius 2 is 1.75 bits per heavy atom. The van der Waals surface area contributed by atoms with Crippen molar-refractivity contribution in [2.75, 3.05) is 6.54 Å². The highest BCUT2D eigenvalue weighted by Crippen LogP contribution is 2.07. The van der Waals surface area contributed by atoms with E-state index in [0.29, 0.717) is 5.54 Å². The molecular weight excluding hydrogens is 96.9 g/mol. The number of hydrogen-bond acceptors (Lipinski definition) is 1. The summed E-state index contributed by atoms with van der Waals surface area (Å²) in [6, 6.07) is 0. The molecule has 0 saturated heterocycles. The van der Waals surface area contributed by atoms with Crippen molar-refractivity contribution in [1.82, 2.24) is 4.81 Å². The van der Waals surface area contributed by atoms with Gasteiger partial charge in [-0.15, -0.1) is 0 Å². The zero-order valence-electron chi connectivity index (χ0n) is 6.65. The molecule has 0 N–H and O–H groups in total. The average Bonchev–Trinajstić information content (AvgIpc) is 1.62. The summed E-state index contributed by atoms with van der Waals surface area (Å²) in [4.78, 5) is 2.31. The minimum atomic E-state index is 0.342. The minimum absolute atomic E-state index is 0.342. The van der Waals surface area contributed by atoms with Crippen LogP contribution in [0, 0.1) is 0 Å². The zero-order chi connectivity index (χ0) is 6.78. The molecule has 0 heterocycles. The zero-order valence-corrected chi connectivity index (χ0v) is 6.65. The van der Waals surface area contributed by atoms with E-state index in [9.17, 15) is 0 Å². The Hall–Kier alpha value is 0.0249. The number of rotatable bonds is 1. The normalized spacial score (nSPS) is 12.6. The third kappa shape index (κ3) is 2.36. The first kappa shape index (κ1) is 8.02. The van der Waals surface area contributed by atoms with Crippen LogP contribution in [-0.2, 0) is 0 Å². The van der Waals surface area contributed by atoms with Crippen molar-refractivity contribution in [1.29, 1.82) is 0 Å². The third-order valence-corrected chi connectivity index (χ3v) is 1.62. The molecule has 1 nitrogen and oxygen atoms in total. The molecule has 0 amide bonds. The van der Waals surface area contributed by atoms with Crippen molar-refractivity contribution in [2.45, 2.75) is 33.2 Å². The molecule has 0 aliphatic carbocycles. The summed E-state index contributed by atoms with van der Waals surface area (Å²) in [6.07, 6.45) is 0. The molecule has 48 valence electrons. The summed E-state index contributed by atoms with van der Waals surface area (Å²) < 4.78 is 0. The van der Waals surface area contributed by atoms with Crippen LogP contribution in [0.15, 0.2) is 0 Å². The molecule has 0 aliphatic rings. The molecule has 0 atom stereocenters. The second kappa shape index (κ2) is 2.54. The van der Waals surface area contributed by atoms with Crippen LogP contribution in [0.4, 0.5) is 0 Å². The summed E-state index contributed by atoms with van der Waals surface area (Å²) in [5.74, 6) is 0. The molecule has 0 unspecified atom stereocenters. The standard InChI is InChI=1S/C6H16BN/c1-5-8(7)6(2,3)4/h5,7H2,1-4H3. The third-order valence-electron chi connectivity index (χ3n) is 1.62. The molecule has 0 aromatic rings. The van der Waals surface area contributed by atoms with E-state index >= 15 is 0 Å². The quantitative estimate of drug-likeness (QED) is 0.451. The molecule has 8 heavy (non-hydrogen) atoms. The van der Waals surface area contributed by atoms with Gasteiger partial charge in [-0.25, -0.2) is 0 Å². The molecular formula is C6H16BN. The van der Waals surface area contributed by atoms with Gasteiger partial charge in [0.25, 0.3) is 0 Å². The lowest BCUT2D eigenvalue weighted by Crippen LogP contribution is -2.38. The number of nitrogens with zero attached hydrogens (tertiary/aromatic N) is 1.